The number of carbonyl (C=O) groups is 1. The fraction of sp³-hybridized carbons (Fsp3) is 0.211. The average molecular weight is 328 g/mol. The lowest BCUT2D eigenvalue weighted by atomic mass is 10.1. The Morgan fingerprint density at radius 3 is 2.30 bits per heavy atom. The summed E-state index contributed by atoms with van der Waals surface area (Å²) in [5.74, 6) is -0.00604. The molecule has 0 atom stereocenters. The molecule has 0 bridgehead atoms. The van der Waals surface area contributed by atoms with Crippen LogP contribution in [0.25, 0.3) is 6.08 Å². The maximum Gasteiger partial charge on any atom is 0.185 e. The number of carbonyl (C=O) groups excluding carboxylic acids is 1. The van der Waals surface area contributed by atoms with E-state index < -0.39 is 0 Å². The van der Waals surface area contributed by atoms with Gasteiger partial charge < -0.3 is 9.64 Å². The van der Waals surface area contributed by atoms with Crippen LogP contribution in [0.4, 0.5) is 5.69 Å². The number of halogens is 1. The average Bonchev–Trinajstić information content (AvgIpc) is 2.62. The Balaban J connectivity index is 1.66. The maximum atomic E-state index is 12.2. The number of ether oxygens (including phenoxy) is 1. The van der Waals surface area contributed by atoms with Gasteiger partial charge in [-0.25, -0.2) is 0 Å². The molecule has 0 unspecified atom stereocenters. The van der Waals surface area contributed by atoms with Gasteiger partial charge in [0.1, 0.15) is 0 Å². The first-order chi connectivity index (χ1) is 11.2. The van der Waals surface area contributed by atoms with Crippen LogP contribution in [0.1, 0.15) is 15.9 Å². The Morgan fingerprint density at radius 2 is 1.65 bits per heavy atom. The van der Waals surface area contributed by atoms with Crippen molar-refractivity contribution in [2.24, 2.45) is 0 Å². The summed E-state index contributed by atoms with van der Waals surface area (Å²) in [7, 11) is 0. The summed E-state index contributed by atoms with van der Waals surface area (Å²) in [5, 5.41) is 0.687. The molecule has 1 saturated heterocycles. The van der Waals surface area contributed by atoms with Crippen LogP contribution in [-0.2, 0) is 4.74 Å². The molecule has 0 N–H and O–H groups in total. The van der Waals surface area contributed by atoms with Gasteiger partial charge in [-0.1, -0.05) is 29.8 Å². The molecule has 1 heterocycles. The van der Waals surface area contributed by atoms with Gasteiger partial charge in [0.05, 0.1) is 13.2 Å². The van der Waals surface area contributed by atoms with Crippen molar-refractivity contribution in [2.45, 2.75) is 0 Å². The highest BCUT2D eigenvalue weighted by Gasteiger charge is 2.11. The first-order valence-electron chi connectivity index (χ1n) is 7.63. The van der Waals surface area contributed by atoms with Crippen LogP contribution in [0.2, 0.25) is 5.02 Å². The number of morpholine rings is 1. The third-order valence-electron chi connectivity index (χ3n) is 3.83. The fourth-order valence-electron chi connectivity index (χ4n) is 2.50. The SMILES string of the molecule is O=C(/C=C/c1ccc(Cl)cc1)c1ccc(N2CCOCC2)cc1. The van der Waals surface area contributed by atoms with E-state index in [1.165, 1.54) is 0 Å². The molecule has 0 amide bonds. The molecule has 23 heavy (non-hydrogen) atoms. The molecule has 1 aliphatic heterocycles. The summed E-state index contributed by atoms with van der Waals surface area (Å²) in [6.07, 6.45) is 3.39. The van der Waals surface area contributed by atoms with E-state index in [0.29, 0.717) is 10.6 Å². The van der Waals surface area contributed by atoms with Gasteiger partial charge in [-0.2, -0.15) is 0 Å². The first-order valence-corrected chi connectivity index (χ1v) is 8.01. The Morgan fingerprint density at radius 1 is 1.00 bits per heavy atom. The van der Waals surface area contributed by atoms with Crippen LogP contribution in [0.3, 0.4) is 0 Å². The molecular formula is C19H18ClNO2. The van der Waals surface area contributed by atoms with Gasteiger partial charge in [0.15, 0.2) is 5.78 Å². The predicted molar refractivity (Wildman–Crippen MR) is 94.3 cm³/mol. The van der Waals surface area contributed by atoms with Crippen molar-refractivity contribution in [1.29, 1.82) is 0 Å². The van der Waals surface area contributed by atoms with Crippen molar-refractivity contribution in [2.75, 3.05) is 31.2 Å². The lowest BCUT2D eigenvalue weighted by Gasteiger charge is -2.28. The highest BCUT2D eigenvalue weighted by molar-refractivity contribution is 6.30. The number of benzene rings is 2. The van der Waals surface area contributed by atoms with Crippen molar-refractivity contribution in [1.82, 2.24) is 0 Å². The predicted octanol–water partition coefficient (Wildman–Crippen LogP) is 4.07. The molecule has 2 aromatic rings. The molecule has 2 aromatic carbocycles. The van der Waals surface area contributed by atoms with Crippen molar-refractivity contribution < 1.29 is 9.53 Å². The Labute approximate surface area is 141 Å². The van der Waals surface area contributed by atoms with E-state index in [4.69, 9.17) is 16.3 Å². The maximum absolute atomic E-state index is 12.2. The minimum Gasteiger partial charge on any atom is -0.378 e. The van der Waals surface area contributed by atoms with Crippen LogP contribution in [0.15, 0.2) is 54.6 Å². The number of hydrogen-bond acceptors (Lipinski definition) is 3. The first kappa shape index (κ1) is 15.8. The second-order valence-electron chi connectivity index (χ2n) is 5.40. The van der Waals surface area contributed by atoms with E-state index in [0.717, 1.165) is 37.6 Å². The fourth-order valence-corrected chi connectivity index (χ4v) is 2.63. The normalized spacial score (nSPS) is 15.1. The third-order valence-corrected chi connectivity index (χ3v) is 4.08. The van der Waals surface area contributed by atoms with E-state index in [1.54, 1.807) is 12.2 Å². The summed E-state index contributed by atoms with van der Waals surface area (Å²) in [6, 6.07) is 15.1. The summed E-state index contributed by atoms with van der Waals surface area (Å²) in [5.41, 5.74) is 2.77. The zero-order chi connectivity index (χ0) is 16.1. The van der Waals surface area contributed by atoms with Crippen LogP contribution in [0, 0.1) is 0 Å². The van der Waals surface area contributed by atoms with Crippen molar-refractivity contribution in [3.8, 4) is 0 Å². The second-order valence-corrected chi connectivity index (χ2v) is 5.83. The molecule has 4 heteroatoms. The van der Waals surface area contributed by atoms with Gasteiger partial charge in [-0.3, -0.25) is 4.79 Å². The highest BCUT2D eigenvalue weighted by atomic mass is 35.5. The highest BCUT2D eigenvalue weighted by Crippen LogP contribution is 2.17. The number of ketones is 1. The number of hydrogen-bond donors (Lipinski definition) is 0. The van der Waals surface area contributed by atoms with Crippen LogP contribution >= 0.6 is 11.6 Å². The Bertz CT molecular complexity index is 686. The largest absolute Gasteiger partial charge is 0.378 e. The van der Waals surface area contributed by atoms with Gasteiger partial charge >= 0.3 is 0 Å². The molecule has 0 saturated carbocycles. The van der Waals surface area contributed by atoms with Crippen molar-refractivity contribution >= 4 is 29.1 Å². The quantitative estimate of drug-likeness (QED) is 0.626. The summed E-state index contributed by atoms with van der Waals surface area (Å²) in [4.78, 5) is 14.5. The molecular weight excluding hydrogens is 310 g/mol. The van der Waals surface area contributed by atoms with E-state index >= 15 is 0 Å². The molecule has 1 aliphatic rings. The van der Waals surface area contributed by atoms with Gasteiger partial charge in [-0.05, 0) is 48.0 Å². The third kappa shape index (κ3) is 4.21. The van der Waals surface area contributed by atoms with E-state index in [-0.39, 0.29) is 5.78 Å². The van der Waals surface area contributed by atoms with E-state index in [2.05, 4.69) is 4.90 Å². The van der Waals surface area contributed by atoms with Gasteiger partial charge in [0, 0.05) is 29.4 Å². The lowest BCUT2D eigenvalue weighted by molar-refractivity contribution is 0.104. The van der Waals surface area contributed by atoms with Gasteiger partial charge in [-0.15, -0.1) is 0 Å². The minimum absolute atomic E-state index is 0.00604. The van der Waals surface area contributed by atoms with Gasteiger partial charge in [0.2, 0.25) is 0 Å². The van der Waals surface area contributed by atoms with Crippen LogP contribution in [-0.4, -0.2) is 32.1 Å². The van der Waals surface area contributed by atoms with Gasteiger partial charge in [0.25, 0.3) is 0 Å². The van der Waals surface area contributed by atoms with E-state index in [1.807, 2.05) is 48.5 Å². The van der Waals surface area contributed by atoms with E-state index in [9.17, 15) is 4.79 Å². The smallest absolute Gasteiger partial charge is 0.185 e. The topological polar surface area (TPSA) is 29.5 Å². The molecule has 118 valence electrons. The molecule has 1 fully saturated rings. The molecule has 0 spiro atoms. The van der Waals surface area contributed by atoms with Crippen molar-refractivity contribution in [3.05, 3.63) is 70.8 Å². The second kappa shape index (κ2) is 7.44. The monoisotopic (exact) mass is 327 g/mol. The molecule has 3 nitrogen and oxygen atoms in total. The number of anilines is 1. The standard InChI is InChI=1S/C19H18ClNO2/c20-17-6-1-15(2-7-17)3-10-19(22)16-4-8-18(9-5-16)21-11-13-23-14-12-21/h1-10H,11-14H2/b10-3+. The lowest BCUT2D eigenvalue weighted by Crippen LogP contribution is -2.36. The molecule has 0 radical (unpaired) electrons. The Hall–Kier alpha value is -2.10. The molecule has 0 aromatic heterocycles. The summed E-state index contributed by atoms with van der Waals surface area (Å²) in [6.45, 7) is 3.29. The van der Waals surface area contributed by atoms with Crippen LogP contribution in [0.5, 0.6) is 0 Å². The summed E-state index contributed by atoms with van der Waals surface area (Å²) >= 11 is 5.85. The number of nitrogens with zero attached hydrogens (tertiary/aromatic N) is 1. The van der Waals surface area contributed by atoms with Crippen molar-refractivity contribution in [3.63, 3.8) is 0 Å². The Kier molecular flexibility index (Phi) is 5.11. The number of allylic oxidation sites excluding steroid dienone is 1. The zero-order valence-corrected chi connectivity index (χ0v) is 13.5. The zero-order valence-electron chi connectivity index (χ0n) is 12.7. The molecule has 0 aliphatic carbocycles. The minimum atomic E-state index is -0.00604. The molecule has 3 rings (SSSR count). The summed E-state index contributed by atoms with van der Waals surface area (Å²) < 4.78 is 5.35. The van der Waals surface area contributed by atoms with Crippen LogP contribution < -0.4 is 4.90 Å². The number of rotatable bonds is 4.